The van der Waals surface area contributed by atoms with Crippen molar-refractivity contribution in [2.24, 2.45) is 0 Å². The minimum atomic E-state index is -0.730. The van der Waals surface area contributed by atoms with Gasteiger partial charge in [-0.3, -0.25) is 9.59 Å². The van der Waals surface area contributed by atoms with Crippen LogP contribution in [0.25, 0.3) is 16.7 Å². The average Bonchev–Trinajstić information content (AvgIpc) is 3.44. The van der Waals surface area contributed by atoms with Crippen LogP contribution in [-0.2, 0) is 16.0 Å². The Morgan fingerprint density at radius 2 is 1.62 bits per heavy atom. The molecule has 1 aliphatic rings. The molecule has 1 saturated heterocycles. The van der Waals surface area contributed by atoms with E-state index in [9.17, 15) is 14.7 Å². The van der Waals surface area contributed by atoms with Gasteiger partial charge in [0.15, 0.2) is 0 Å². The number of likely N-dealkylation sites (tertiary alicyclic amines) is 1. The van der Waals surface area contributed by atoms with Gasteiger partial charge in [-0.2, -0.15) is 0 Å². The third-order valence-electron chi connectivity index (χ3n) is 6.89. The van der Waals surface area contributed by atoms with Crippen LogP contribution >= 0.6 is 0 Å². The number of methoxy groups -OCH3 is 2. The molecule has 1 amide bonds. The summed E-state index contributed by atoms with van der Waals surface area (Å²) < 4.78 is 10.7. The Morgan fingerprint density at radius 3 is 2.30 bits per heavy atom. The number of nitrogens with one attached hydrogen (secondary N) is 1. The first-order valence-electron chi connectivity index (χ1n) is 12.0. The van der Waals surface area contributed by atoms with Crippen LogP contribution in [0, 0.1) is 6.92 Å². The van der Waals surface area contributed by atoms with Crippen LogP contribution in [0.1, 0.15) is 28.3 Å². The van der Waals surface area contributed by atoms with Gasteiger partial charge in [0, 0.05) is 29.2 Å². The van der Waals surface area contributed by atoms with E-state index in [0.29, 0.717) is 23.3 Å². The van der Waals surface area contributed by atoms with E-state index in [-0.39, 0.29) is 17.9 Å². The normalized spacial score (nSPS) is 16.9. The summed E-state index contributed by atoms with van der Waals surface area (Å²) in [5, 5.41) is 12.2. The number of hydrogen-bond donors (Lipinski definition) is 2. The van der Waals surface area contributed by atoms with Crippen molar-refractivity contribution in [2.45, 2.75) is 19.4 Å². The second kappa shape index (κ2) is 9.85. The van der Waals surface area contributed by atoms with Crippen molar-refractivity contribution in [2.75, 3.05) is 20.8 Å². The Bertz CT molecular complexity index is 1500. The van der Waals surface area contributed by atoms with Crippen LogP contribution in [0.2, 0.25) is 0 Å². The molecule has 1 atom stereocenters. The molecule has 0 radical (unpaired) electrons. The Balaban J connectivity index is 1.55. The molecule has 1 aliphatic heterocycles. The van der Waals surface area contributed by atoms with Crippen LogP contribution in [0.15, 0.2) is 78.5 Å². The number of aliphatic hydroxyl groups is 1. The summed E-state index contributed by atoms with van der Waals surface area (Å²) in [6.45, 7) is 2.23. The first-order valence-corrected chi connectivity index (χ1v) is 12.0. The summed E-state index contributed by atoms with van der Waals surface area (Å²) in [6, 6.07) is 19.5. The molecule has 4 aromatic rings. The van der Waals surface area contributed by atoms with E-state index in [1.807, 2.05) is 55.6 Å². The topological polar surface area (TPSA) is 91.9 Å². The fourth-order valence-electron chi connectivity index (χ4n) is 4.84. The minimum Gasteiger partial charge on any atom is -0.507 e. The smallest absolute Gasteiger partial charge is 0.295 e. The third-order valence-corrected chi connectivity index (χ3v) is 6.89. The second-order valence-corrected chi connectivity index (χ2v) is 9.11. The molecule has 5 rings (SSSR count). The number of fused-ring (bicyclic) bond motifs is 1. The fraction of sp³-hybridized carbons (Fsp3) is 0.200. The highest BCUT2D eigenvalue weighted by Crippen LogP contribution is 2.40. The van der Waals surface area contributed by atoms with Gasteiger partial charge in [0.25, 0.3) is 11.7 Å². The molecule has 7 heteroatoms. The molecule has 188 valence electrons. The molecular formula is C30H28N2O5. The lowest BCUT2D eigenvalue weighted by atomic mass is 9.95. The molecule has 3 aromatic carbocycles. The lowest BCUT2D eigenvalue weighted by Crippen LogP contribution is -2.31. The molecular weight excluding hydrogens is 468 g/mol. The van der Waals surface area contributed by atoms with Gasteiger partial charge in [0.05, 0.1) is 25.8 Å². The average molecular weight is 497 g/mol. The van der Waals surface area contributed by atoms with Crippen molar-refractivity contribution >= 4 is 28.4 Å². The number of aromatic nitrogens is 1. The molecule has 1 aromatic heterocycles. The zero-order chi connectivity index (χ0) is 26.1. The number of ether oxygens (including phenoxy) is 2. The predicted molar refractivity (Wildman–Crippen MR) is 142 cm³/mol. The summed E-state index contributed by atoms with van der Waals surface area (Å²) >= 11 is 0. The number of carbonyl (C=O) groups is 2. The molecule has 7 nitrogen and oxygen atoms in total. The summed E-state index contributed by atoms with van der Waals surface area (Å²) in [5.74, 6) is -0.109. The minimum absolute atomic E-state index is 0.0830. The van der Waals surface area contributed by atoms with E-state index >= 15 is 0 Å². The summed E-state index contributed by atoms with van der Waals surface area (Å²) in [6.07, 6.45) is 2.42. The monoisotopic (exact) mass is 496 g/mol. The van der Waals surface area contributed by atoms with Gasteiger partial charge in [0.1, 0.15) is 17.3 Å². The molecule has 0 bridgehead atoms. The molecule has 37 heavy (non-hydrogen) atoms. The SMILES string of the molecule is COc1ccc([C@H]2C(=C(O)c3ccc(C)cc3)C(=O)C(=O)N2CCc2c[nH]c3ccc(OC)cc23)cc1. The number of aromatic amines is 1. The van der Waals surface area contributed by atoms with Crippen molar-refractivity contribution in [3.63, 3.8) is 0 Å². The first-order chi connectivity index (χ1) is 17.9. The summed E-state index contributed by atoms with van der Waals surface area (Å²) in [5.41, 5.74) is 4.28. The van der Waals surface area contributed by atoms with Crippen molar-refractivity contribution in [1.29, 1.82) is 0 Å². The third kappa shape index (κ3) is 4.44. The number of carbonyl (C=O) groups excluding carboxylic acids is 2. The lowest BCUT2D eigenvalue weighted by Gasteiger charge is -2.25. The largest absolute Gasteiger partial charge is 0.507 e. The molecule has 2 N–H and O–H groups in total. The number of aryl methyl sites for hydroxylation is 1. The van der Waals surface area contributed by atoms with Crippen LogP contribution in [0.3, 0.4) is 0 Å². The molecule has 0 saturated carbocycles. The van der Waals surface area contributed by atoms with Crippen molar-refractivity contribution in [3.8, 4) is 11.5 Å². The number of rotatable bonds is 7. The number of benzene rings is 3. The highest BCUT2D eigenvalue weighted by molar-refractivity contribution is 6.46. The van der Waals surface area contributed by atoms with Gasteiger partial charge in [-0.05, 0) is 54.8 Å². The van der Waals surface area contributed by atoms with E-state index in [2.05, 4.69) is 4.98 Å². The molecule has 0 aliphatic carbocycles. The number of amides is 1. The quantitative estimate of drug-likeness (QED) is 0.210. The van der Waals surface area contributed by atoms with E-state index in [1.54, 1.807) is 43.4 Å². The maximum Gasteiger partial charge on any atom is 0.295 e. The van der Waals surface area contributed by atoms with Gasteiger partial charge in [-0.15, -0.1) is 0 Å². The maximum atomic E-state index is 13.3. The Kier molecular flexibility index (Phi) is 6.44. The fourth-order valence-corrected chi connectivity index (χ4v) is 4.84. The number of H-pyrrole nitrogens is 1. The zero-order valence-electron chi connectivity index (χ0n) is 20.9. The van der Waals surface area contributed by atoms with Crippen LogP contribution in [0.5, 0.6) is 11.5 Å². The Labute approximate surface area is 214 Å². The Morgan fingerprint density at radius 1 is 0.946 bits per heavy atom. The predicted octanol–water partition coefficient (Wildman–Crippen LogP) is 5.16. The highest BCUT2D eigenvalue weighted by atomic mass is 16.5. The van der Waals surface area contributed by atoms with Gasteiger partial charge in [-0.1, -0.05) is 42.0 Å². The van der Waals surface area contributed by atoms with E-state index < -0.39 is 17.7 Å². The van der Waals surface area contributed by atoms with E-state index in [0.717, 1.165) is 27.8 Å². The summed E-state index contributed by atoms with van der Waals surface area (Å²) in [7, 11) is 3.20. The standard InChI is InChI=1S/C30H28N2O5/c1-18-4-6-20(7-5-18)28(33)26-27(19-8-10-22(36-2)11-9-19)32(30(35)29(26)34)15-14-21-17-31-25-13-12-23(37-3)16-24(21)25/h4-13,16-17,27,31,33H,14-15H2,1-3H3/t27-/m0/s1. The summed E-state index contributed by atoms with van der Waals surface area (Å²) in [4.78, 5) is 31.4. The van der Waals surface area contributed by atoms with E-state index in [1.165, 1.54) is 0 Å². The van der Waals surface area contributed by atoms with Crippen molar-refractivity contribution < 1.29 is 24.2 Å². The zero-order valence-corrected chi connectivity index (χ0v) is 20.9. The number of ketones is 1. The highest BCUT2D eigenvalue weighted by Gasteiger charge is 2.45. The molecule has 0 spiro atoms. The van der Waals surface area contributed by atoms with Gasteiger partial charge in [-0.25, -0.2) is 0 Å². The number of Topliss-reactive ketones (excluding diaryl/α,β-unsaturated/α-hetero) is 1. The maximum absolute atomic E-state index is 13.3. The number of nitrogens with zero attached hydrogens (tertiary/aromatic N) is 1. The Hall–Kier alpha value is -4.52. The number of hydrogen-bond acceptors (Lipinski definition) is 5. The first kappa shape index (κ1) is 24.2. The lowest BCUT2D eigenvalue weighted by molar-refractivity contribution is -0.139. The van der Waals surface area contributed by atoms with Gasteiger partial charge in [0.2, 0.25) is 0 Å². The molecule has 0 unspecified atom stereocenters. The van der Waals surface area contributed by atoms with Crippen LogP contribution < -0.4 is 9.47 Å². The van der Waals surface area contributed by atoms with Crippen LogP contribution in [-0.4, -0.2) is 47.4 Å². The van der Waals surface area contributed by atoms with Crippen LogP contribution in [0.4, 0.5) is 0 Å². The van der Waals surface area contributed by atoms with Gasteiger partial charge < -0.3 is 24.5 Å². The van der Waals surface area contributed by atoms with E-state index in [4.69, 9.17) is 9.47 Å². The van der Waals surface area contributed by atoms with Crippen molar-refractivity contribution in [3.05, 3.63) is 101 Å². The van der Waals surface area contributed by atoms with Gasteiger partial charge >= 0.3 is 0 Å². The second-order valence-electron chi connectivity index (χ2n) is 9.11. The molecule has 2 heterocycles. The molecule has 1 fully saturated rings. The number of aliphatic hydroxyl groups excluding tert-OH is 1. The van der Waals surface area contributed by atoms with Crippen molar-refractivity contribution in [1.82, 2.24) is 9.88 Å².